The zero-order valence-electron chi connectivity index (χ0n) is 17.5. The van der Waals surface area contributed by atoms with Crippen LogP contribution in [0.15, 0.2) is 23.3 Å². The second-order valence-corrected chi connectivity index (χ2v) is 7.60. The van der Waals surface area contributed by atoms with Gasteiger partial charge in [0.1, 0.15) is 5.82 Å². The minimum Gasteiger partial charge on any atom is -0.374 e. The Hall–Kier alpha value is -1.86. The highest BCUT2D eigenvalue weighted by Crippen LogP contribution is 2.15. The maximum atomic E-state index is 5.93. The number of rotatable bonds is 8. The van der Waals surface area contributed by atoms with Crippen molar-refractivity contribution < 1.29 is 4.74 Å². The molecule has 1 atom stereocenters. The van der Waals surface area contributed by atoms with Gasteiger partial charge >= 0.3 is 0 Å². The molecule has 2 N–H and O–H groups in total. The van der Waals surface area contributed by atoms with E-state index in [9.17, 15) is 0 Å². The number of hydrogen-bond acceptors (Lipinski definition) is 5. The van der Waals surface area contributed by atoms with Crippen LogP contribution in [0, 0.1) is 5.92 Å². The van der Waals surface area contributed by atoms with E-state index in [0.29, 0.717) is 12.5 Å². The predicted octanol–water partition coefficient (Wildman–Crippen LogP) is 1.56. The molecule has 0 spiro atoms. The largest absolute Gasteiger partial charge is 0.374 e. The van der Waals surface area contributed by atoms with Crippen LogP contribution in [-0.4, -0.2) is 75.4 Å². The standard InChI is InChI=1S/C20H36N6O/c1-6-21-20(23-12-17-8-7-9-22-19(17)25(4)5)24-13-18-15-26(10-11-27-18)14-16(2)3/h7-9,16,18H,6,10-15H2,1-5H3,(H2,21,23,24). The van der Waals surface area contributed by atoms with E-state index >= 15 is 0 Å². The normalized spacial score (nSPS) is 18.6. The summed E-state index contributed by atoms with van der Waals surface area (Å²) in [5.41, 5.74) is 1.11. The molecule has 7 nitrogen and oxygen atoms in total. The number of ether oxygens (including phenoxy) is 1. The van der Waals surface area contributed by atoms with E-state index in [-0.39, 0.29) is 6.10 Å². The maximum Gasteiger partial charge on any atom is 0.191 e. The van der Waals surface area contributed by atoms with Crippen molar-refractivity contribution in [1.82, 2.24) is 20.5 Å². The lowest BCUT2D eigenvalue weighted by atomic mass is 10.2. The third-order valence-electron chi connectivity index (χ3n) is 4.39. The highest BCUT2D eigenvalue weighted by atomic mass is 16.5. The number of morpholine rings is 1. The van der Waals surface area contributed by atoms with Gasteiger partial charge in [0.15, 0.2) is 5.96 Å². The molecule has 1 unspecified atom stereocenters. The fourth-order valence-corrected chi connectivity index (χ4v) is 3.26. The van der Waals surface area contributed by atoms with Crippen molar-refractivity contribution in [3.8, 4) is 0 Å². The van der Waals surface area contributed by atoms with Gasteiger partial charge in [0.25, 0.3) is 0 Å². The van der Waals surface area contributed by atoms with E-state index in [2.05, 4.69) is 47.4 Å². The molecule has 1 aliphatic heterocycles. The molecule has 0 aromatic carbocycles. The first kappa shape index (κ1) is 21.4. The van der Waals surface area contributed by atoms with Crippen molar-refractivity contribution in [3.05, 3.63) is 23.9 Å². The second-order valence-electron chi connectivity index (χ2n) is 7.60. The first-order valence-corrected chi connectivity index (χ1v) is 9.97. The number of hydrogen-bond donors (Lipinski definition) is 2. The summed E-state index contributed by atoms with van der Waals surface area (Å²) in [6.45, 7) is 12.7. The fraction of sp³-hybridized carbons (Fsp3) is 0.700. The first-order chi connectivity index (χ1) is 13.0. The summed E-state index contributed by atoms with van der Waals surface area (Å²) in [5, 5.41) is 6.76. The van der Waals surface area contributed by atoms with Gasteiger partial charge in [0, 0.05) is 58.6 Å². The Labute approximate surface area is 164 Å². The molecule has 27 heavy (non-hydrogen) atoms. The average molecular weight is 377 g/mol. The molecule has 0 saturated carbocycles. The van der Waals surface area contributed by atoms with Crippen LogP contribution in [0.5, 0.6) is 0 Å². The van der Waals surface area contributed by atoms with Gasteiger partial charge in [-0.1, -0.05) is 19.9 Å². The molecule has 152 valence electrons. The van der Waals surface area contributed by atoms with E-state index in [0.717, 1.165) is 56.7 Å². The summed E-state index contributed by atoms with van der Waals surface area (Å²) in [6, 6.07) is 4.03. The Morgan fingerprint density at radius 1 is 1.41 bits per heavy atom. The quantitative estimate of drug-likeness (QED) is 0.530. The summed E-state index contributed by atoms with van der Waals surface area (Å²) in [7, 11) is 4.00. The molecule has 0 radical (unpaired) electrons. The Morgan fingerprint density at radius 3 is 2.93 bits per heavy atom. The molecule has 0 amide bonds. The predicted molar refractivity (Wildman–Crippen MR) is 112 cm³/mol. The van der Waals surface area contributed by atoms with Crippen molar-refractivity contribution in [2.45, 2.75) is 33.4 Å². The van der Waals surface area contributed by atoms with E-state index in [4.69, 9.17) is 9.73 Å². The fourth-order valence-electron chi connectivity index (χ4n) is 3.26. The minimum atomic E-state index is 0.192. The minimum absolute atomic E-state index is 0.192. The number of anilines is 1. The lowest BCUT2D eigenvalue weighted by Gasteiger charge is -2.34. The van der Waals surface area contributed by atoms with E-state index in [1.807, 2.05) is 31.3 Å². The van der Waals surface area contributed by atoms with Gasteiger partial charge in [-0.2, -0.15) is 0 Å². The van der Waals surface area contributed by atoms with Gasteiger partial charge in [-0.25, -0.2) is 9.98 Å². The van der Waals surface area contributed by atoms with Crippen LogP contribution in [0.2, 0.25) is 0 Å². The molecule has 2 heterocycles. The topological polar surface area (TPSA) is 65.0 Å². The van der Waals surface area contributed by atoms with Crippen molar-refractivity contribution in [2.24, 2.45) is 10.9 Å². The molecule has 7 heteroatoms. The third kappa shape index (κ3) is 7.34. The van der Waals surface area contributed by atoms with Gasteiger partial charge in [-0.05, 0) is 18.9 Å². The van der Waals surface area contributed by atoms with Crippen LogP contribution in [0.4, 0.5) is 5.82 Å². The monoisotopic (exact) mass is 376 g/mol. The number of guanidine groups is 1. The van der Waals surface area contributed by atoms with Gasteiger partial charge in [-0.15, -0.1) is 0 Å². The zero-order chi connectivity index (χ0) is 19.6. The third-order valence-corrected chi connectivity index (χ3v) is 4.39. The zero-order valence-corrected chi connectivity index (χ0v) is 17.5. The molecular formula is C20H36N6O. The van der Waals surface area contributed by atoms with Crippen LogP contribution >= 0.6 is 0 Å². The maximum absolute atomic E-state index is 5.93. The number of nitrogens with zero attached hydrogens (tertiary/aromatic N) is 4. The van der Waals surface area contributed by atoms with Gasteiger partial charge < -0.3 is 20.3 Å². The highest BCUT2D eigenvalue weighted by molar-refractivity contribution is 5.79. The number of aromatic nitrogens is 1. The van der Waals surface area contributed by atoms with Crippen LogP contribution < -0.4 is 15.5 Å². The molecule has 0 aliphatic carbocycles. The molecule has 1 aliphatic rings. The molecule has 1 aromatic rings. The summed E-state index contributed by atoms with van der Waals surface area (Å²) >= 11 is 0. The van der Waals surface area contributed by atoms with Crippen molar-refractivity contribution in [2.75, 3.05) is 58.3 Å². The molecule has 1 saturated heterocycles. The van der Waals surface area contributed by atoms with Gasteiger partial charge in [0.2, 0.25) is 0 Å². The smallest absolute Gasteiger partial charge is 0.191 e. The van der Waals surface area contributed by atoms with Gasteiger partial charge in [0.05, 0.1) is 19.3 Å². The molecule has 1 fully saturated rings. The Balaban J connectivity index is 1.92. The lowest BCUT2D eigenvalue weighted by molar-refractivity contribution is -0.0284. The summed E-state index contributed by atoms with van der Waals surface area (Å²) in [5.74, 6) is 2.45. The van der Waals surface area contributed by atoms with E-state index < -0.39 is 0 Å². The lowest BCUT2D eigenvalue weighted by Crippen LogP contribution is -2.50. The van der Waals surface area contributed by atoms with Crippen LogP contribution in [0.1, 0.15) is 26.3 Å². The van der Waals surface area contributed by atoms with Crippen molar-refractivity contribution in [1.29, 1.82) is 0 Å². The molecule has 2 rings (SSSR count). The summed E-state index contributed by atoms with van der Waals surface area (Å²) in [6.07, 6.45) is 2.01. The Bertz CT molecular complexity index is 590. The van der Waals surface area contributed by atoms with Crippen LogP contribution in [0.3, 0.4) is 0 Å². The molecule has 1 aromatic heterocycles. The molecular weight excluding hydrogens is 340 g/mol. The second kappa shape index (κ2) is 11.1. The van der Waals surface area contributed by atoms with Crippen molar-refractivity contribution in [3.63, 3.8) is 0 Å². The summed E-state index contributed by atoms with van der Waals surface area (Å²) in [4.78, 5) is 13.7. The summed E-state index contributed by atoms with van der Waals surface area (Å²) < 4.78 is 5.93. The van der Waals surface area contributed by atoms with Gasteiger partial charge in [-0.3, -0.25) is 4.90 Å². The number of pyridine rings is 1. The highest BCUT2D eigenvalue weighted by Gasteiger charge is 2.21. The molecule has 0 bridgehead atoms. The van der Waals surface area contributed by atoms with E-state index in [1.165, 1.54) is 0 Å². The van der Waals surface area contributed by atoms with E-state index in [1.54, 1.807) is 0 Å². The average Bonchev–Trinajstić information content (AvgIpc) is 2.64. The van der Waals surface area contributed by atoms with Crippen LogP contribution in [-0.2, 0) is 11.3 Å². The SMILES string of the molecule is CCNC(=NCc1cccnc1N(C)C)NCC1CN(CC(C)C)CCO1. The Morgan fingerprint density at radius 2 is 2.22 bits per heavy atom. The number of nitrogens with one attached hydrogen (secondary N) is 2. The van der Waals surface area contributed by atoms with Crippen LogP contribution in [0.25, 0.3) is 0 Å². The number of aliphatic imine (C=N–C) groups is 1. The van der Waals surface area contributed by atoms with Crippen molar-refractivity contribution >= 4 is 11.8 Å². The first-order valence-electron chi connectivity index (χ1n) is 9.97. The Kier molecular flexibility index (Phi) is 8.81.